The summed E-state index contributed by atoms with van der Waals surface area (Å²) in [5, 5.41) is -0.650. The summed E-state index contributed by atoms with van der Waals surface area (Å²) in [4.78, 5) is 10.9. The van der Waals surface area contributed by atoms with Crippen molar-refractivity contribution >= 4 is 16.8 Å². The van der Waals surface area contributed by atoms with E-state index in [0.29, 0.717) is 5.75 Å². The Hall–Kier alpha value is -1.87. The third-order valence-electron chi connectivity index (χ3n) is 2.13. The van der Waals surface area contributed by atoms with Crippen LogP contribution in [0.5, 0.6) is 11.5 Å². The molecule has 0 unspecified atom stereocenters. The Bertz CT molecular complexity index is 540. The maximum atomic E-state index is 13.4. The van der Waals surface area contributed by atoms with Crippen LogP contribution in [-0.2, 0) is 0 Å². The van der Waals surface area contributed by atoms with Gasteiger partial charge < -0.3 is 4.74 Å². The van der Waals surface area contributed by atoms with Gasteiger partial charge in [-0.05, 0) is 41.9 Å². The Morgan fingerprint density at radius 1 is 1.12 bits per heavy atom. The van der Waals surface area contributed by atoms with Crippen molar-refractivity contribution in [1.29, 1.82) is 0 Å². The molecule has 0 aliphatic heterocycles. The van der Waals surface area contributed by atoms with Gasteiger partial charge in [-0.3, -0.25) is 4.79 Å². The molecule has 86 valence electrons. The molecule has 0 saturated heterocycles. The molecule has 0 fully saturated rings. The van der Waals surface area contributed by atoms with Crippen molar-refractivity contribution in [2.75, 3.05) is 0 Å². The topological polar surface area (TPSA) is 26.3 Å². The Balaban J connectivity index is 2.32. The van der Waals surface area contributed by atoms with Crippen molar-refractivity contribution in [3.63, 3.8) is 0 Å². The van der Waals surface area contributed by atoms with Crippen molar-refractivity contribution in [3.8, 4) is 11.5 Å². The van der Waals surface area contributed by atoms with Crippen LogP contribution < -0.4 is 4.74 Å². The second-order valence-corrected chi connectivity index (χ2v) is 3.68. The van der Waals surface area contributed by atoms with Crippen molar-refractivity contribution < 1.29 is 13.9 Å². The highest BCUT2D eigenvalue weighted by Gasteiger charge is 2.09. The first kappa shape index (κ1) is 11.6. The van der Waals surface area contributed by atoms with E-state index in [-0.39, 0.29) is 11.3 Å². The van der Waals surface area contributed by atoms with E-state index in [1.165, 1.54) is 12.1 Å². The fourth-order valence-electron chi connectivity index (χ4n) is 1.32. The van der Waals surface area contributed by atoms with Crippen molar-refractivity contribution in [3.05, 3.63) is 59.9 Å². The monoisotopic (exact) mass is 250 g/mol. The minimum Gasteiger partial charge on any atom is -0.454 e. The van der Waals surface area contributed by atoms with Gasteiger partial charge in [0.1, 0.15) is 5.75 Å². The first-order valence-corrected chi connectivity index (χ1v) is 5.27. The number of halogens is 2. The summed E-state index contributed by atoms with van der Waals surface area (Å²) < 4.78 is 18.8. The molecule has 0 N–H and O–H groups in total. The number of carbonyl (C=O) groups excluding carboxylic acids is 1. The zero-order valence-electron chi connectivity index (χ0n) is 8.69. The first-order chi connectivity index (χ1) is 8.16. The van der Waals surface area contributed by atoms with Crippen LogP contribution >= 0.6 is 11.6 Å². The van der Waals surface area contributed by atoms with E-state index in [4.69, 9.17) is 16.3 Å². The van der Waals surface area contributed by atoms with Gasteiger partial charge >= 0.3 is 0 Å². The molecule has 0 aromatic heterocycles. The molecule has 2 aromatic rings. The average molecular weight is 251 g/mol. The number of rotatable bonds is 3. The summed E-state index contributed by atoms with van der Waals surface area (Å²) in [7, 11) is 0. The molecular weight excluding hydrogens is 243 g/mol. The summed E-state index contributed by atoms with van der Waals surface area (Å²) in [6.45, 7) is 0. The van der Waals surface area contributed by atoms with Gasteiger partial charge in [0.25, 0.3) is 5.24 Å². The number of hydrogen-bond acceptors (Lipinski definition) is 2. The zero-order valence-corrected chi connectivity index (χ0v) is 9.45. The second-order valence-electron chi connectivity index (χ2n) is 3.33. The van der Waals surface area contributed by atoms with Crippen LogP contribution in [0.3, 0.4) is 0 Å². The SMILES string of the molecule is O=C(Cl)c1ccc(F)c(Oc2ccccc2)c1. The summed E-state index contributed by atoms with van der Waals surface area (Å²) in [5.41, 5.74) is 0.194. The third kappa shape index (κ3) is 2.82. The van der Waals surface area contributed by atoms with Gasteiger partial charge in [-0.15, -0.1) is 0 Å². The normalized spacial score (nSPS) is 10.0. The fraction of sp³-hybridized carbons (Fsp3) is 0. The zero-order chi connectivity index (χ0) is 12.3. The Kier molecular flexibility index (Phi) is 3.40. The average Bonchev–Trinajstić information content (AvgIpc) is 2.33. The van der Waals surface area contributed by atoms with Gasteiger partial charge in [0.15, 0.2) is 11.6 Å². The first-order valence-electron chi connectivity index (χ1n) is 4.89. The molecule has 0 radical (unpaired) electrons. The number of benzene rings is 2. The molecule has 2 rings (SSSR count). The molecule has 0 heterocycles. The Morgan fingerprint density at radius 3 is 2.47 bits per heavy atom. The highest BCUT2D eigenvalue weighted by atomic mass is 35.5. The summed E-state index contributed by atoms with van der Waals surface area (Å²) in [6, 6.07) is 12.5. The lowest BCUT2D eigenvalue weighted by Crippen LogP contribution is -1.93. The molecule has 0 saturated carbocycles. The quantitative estimate of drug-likeness (QED) is 0.770. The summed E-state index contributed by atoms with van der Waals surface area (Å²) in [6.07, 6.45) is 0. The van der Waals surface area contributed by atoms with E-state index in [0.717, 1.165) is 6.07 Å². The molecule has 0 spiro atoms. The second kappa shape index (κ2) is 4.97. The molecule has 2 aromatic carbocycles. The summed E-state index contributed by atoms with van der Waals surface area (Å²) in [5.74, 6) is -0.0798. The third-order valence-corrected chi connectivity index (χ3v) is 2.35. The molecule has 4 heteroatoms. The van der Waals surface area contributed by atoms with Crippen LogP contribution in [0.2, 0.25) is 0 Å². The molecule has 0 bridgehead atoms. The maximum absolute atomic E-state index is 13.4. The van der Waals surface area contributed by atoms with E-state index in [1.807, 2.05) is 6.07 Å². The minimum atomic E-state index is -0.650. The summed E-state index contributed by atoms with van der Waals surface area (Å²) >= 11 is 5.31. The number of carbonyl (C=O) groups is 1. The van der Waals surface area contributed by atoms with Gasteiger partial charge in [-0.25, -0.2) is 4.39 Å². The molecule has 2 nitrogen and oxygen atoms in total. The largest absolute Gasteiger partial charge is 0.454 e. The van der Waals surface area contributed by atoms with E-state index < -0.39 is 11.1 Å². The molecule has 0 aliphatic carbocycles. The number of ether oxygens (including phenoxy) is 1. The van der Waals surface area contributed by atoms with Crippen molar-refractivity contribution in [1.82, 2.24) is 0 Å². The van der Waals surface area contributed by atoms with E-state index in [2.05, 4.69) is 0 Å². The van der Waals surface area contributed by atoms with Gasteiger partial charge in [-0.1, -0.05) is 18.2 Å². The predicted molar refractivity (Wildman–Crippen MR) is 63.1 cm³/mol. The van der Waals surface area contributed by atoms with Gasteiger partial charge in [0.2, 0.25) is 0 Å². The predicted octanol–water partition coefficient (Wildman–Crippen LogP) is 4.00. The molecule has 0 atom stereocenters. The maximum Gasteiger partial charge on any atom is 0.252 e. The smallest absolute Gasteiger partial charge is 0.252 e. The van der Waals surface area contributed by atoms with Crippen LogP contribution in [0.15, 0.2) is 48.5 Å². The van der Waals surface area contributed by atoms with E-state index in [1.54, 1.807) is 24.3 Å². The number of para-hydroxylation sites is 1. The Labute approximate surface area is 103 Å². The van der Waals surface area contributed by atoms with Gasteiger partial charge in [0.05, 0.1) is 0 Å². The van der Waals surface area contributed by atoms with Crippen molar-refractivity contribution in [2.45, 2.75) is 0 Å². The molecule has 0 aliphatic rings. The van der Waals surface area contributed by atoms with E-state index in [9.17, 15) is 9.18 Å². The molecule has 0 amide bonds. The van der Waals surface area contributed by atoms with Crippen LogP contribution in [0.4, 0.5) is 4.39 Å². The fourth-order valence-corrected chi connectivity index (χ4v) is 1.44. The van der Waals surface area contributed by atoms with Crippen LogP contribution in [0.25, 0.3) is 0 Å². The lowest BCUT2D eigenvalue weighted by atomic mass is 10.2. The standard InChI is InChI=1S/C13H8ClFO2/c14-13(16)9-6-7-11(15)12(8-9)17-10-4-2-1-3-5-10/h1-8H. The van der Waals surface area contributed by atoms with Crippen LogP contribution in [0.1, 0.15) is 10.4 Å². The Morgan fingerprint density at radius 2 is 1.82 bits per heavy atom. The number of hydrogen-bond donors (Lipinski definition) is 0. The van der Waals surface area contributed by atoms with Gasteiger partial charge in [0, 0.05) is 5.56 Å². The molecular formula is C13H8ClFO2. The van der Waals surface area contributed by atoms with E-state index >= 15 is 0 Å². The van der Waals surface area contributed by atoms with Crippen molar-refractivity contribution in [2.24, 2.45) is 0 Å². The lowest BCUT2D eigenvalue weighted by molar-refractivity contribution is 0.108. The molecule has 17 heavy (non-hydrogen) atoms. The van der Waals surface area contributed by atoms with Crippen LogP contribution in [0, 0.1) is 5.82 Å². The highest BCUT2D eigenvalue weighted by molar-refractivity contribution is 6.67. The minimum absolute atomic E-state index is 0.0253. The lowest BCUT2D eigenvalue weighted by Gasteiger charge is -2.07. The highest BCUT2D eigenvalue weighted by Crippen LogP contribution is 2.25. The van der Waals surface area contributed by atoms with Crippen LogP contribution in [-0.4, -0.2) is 5.24 Å². The van der Waals surface area contributed by atoms with Gasteiger partial charge in [-0.2, -0.15) is 0 Å².